The van der Waals surface area contributed by atoms with E-state index in [4.69, 9.17) is 5.73 Å². The predicted octanol–water partition coefficient (Wildman–Crippen LogP) is 2.97. The monoisotopic (exact) mass is 248 g/mol. The summed E-state index contributed by atoms with van der Waals surface area (Å²) < 4.78 is 1.31. The first-order chi connectivity index (χ1) is 8.25. The number of thiophene rings is 1. The van der Waals surface area contributed by atoms with E-state index >= 15 is 0 Å². The molecule has 2 rings (SSSR count). The van der Waals surface area contributed by atoms with E-state index in [9.17, 15) is 4.79 Å². The molecule has 0 atom stereocenters. The van der Waals surface area contributed by atoms with Gasteiger partial charge in [-0.05, 0) is 47.9 Å². The maximum Gasteiger partial charge on any atom is 0.217 e. The fourth-order valence-corrected chi connectivity index (χ4v) is 2.50. The lowest BCUT2D eigenvalue weighted by atomic mass is 10.2. The van der Waals surface area contributed by atoms with Crippen LogP contribution in [-0.2, 0) is 4.79 Å². The van der Waals surface area contributed by atoms with Crippen LogP contribution in [0.2, 0.25) is 0 Å². The maximum absolute atomic E-state index is 10.6. The summed E-state index contributed by atoms with van der Waals surface area (Å²) in [6.45, 7) is 0.878. The van der Waals surface area contributed by atoms with Gasteiger partial charge in [-0.3, -0.25) is 4.79 Å². The second-order valence-corrected chi connectivity index (χ2v) is 4.97. The highest BCUT2D eigenvalue weighted by molar-refractivity contribution is 7.17. The first-order valence-corrected chi connectivity index (χ1v) is 6.63. The zero-order valence-corrected chi connectivity index (χ0v) is 10.4. The van der Waals surface area contributed by atoms with E-state index in [1.165, 1.54) is 10.1 Å². The highest BCUT2D eigenvalue weighted by Gasteiger charge is 1.98. The Labute approximate surface area is 105 Å². The Kier molecular flexibility index (Phi) is 3.98. The molecule has 1 heterocycles. The number of nitrogens with one attached hydrogen (secondary N) is 1. The average Bonchev–Trinajstić information content (AvgIpc) is 2.75. The van der Waals surface area contributed by atoms with Crippen molar-refractivity contribution in [2.75, 3.05) is 11.9 Å². The number of fused-ring (bicyclic) bond motifs is 1. The molecule has 2 aromatic rings. The molecule has 17 heavy (non-hydrogen) atoms. The van der Waals surface area contributed by atoms with Crippen molar-refractivity contribution in [2.24, 2.45) is 5.73 Å². The summed E-state index contributed by atoms with van der Waals surface area (Å²) in [7, 11) is 0. The second kappa shape index (κ2) is 5.68. The molecule has 0 fully saturated rings. The standard InChI is InChI=1S/C13H16N2OS/c14-13(16)3-1-2-7-15-11-4-5-12-10(9-11)6-8-17-12/h4-6,8-9,15H,1-3,7H2,(H2,14,16). The van der Waals surface area contributed by atoms with Crippen LogP contribution >= 0.6 is 11.3 Å². The third kappa shape index (κ3) is 3.46. The molecule has 0 unspecified atom stereocenters. The lowest BCUT2D eigenvalue weighted by Gasteiger charge is -2.05. The Morgan fingerprint density at radius 1 is 1.29 bits per heavy atom. The lowest BCUT2D eigenvalue weighted by Crippen LogP contribution is -2.10. The minimum absolute atomic E-state index is 0.218. The summed E-state index contributed by atoms with van der Waals surface area (Å²) in [6.07, 6.45) is 2.29. The summed E-state index contributed by atoms with van der Waals surface area (Å²) in [6, 6.07) is 8.50. The van der Waals surface area contributed by atoms with Crippen LogP contribution in [0.25, 0.3) is 10.1 Å². The first kappa shape index (κ1) is 11.9. The largest absolute Gasteiger partial charge is 0.385 e. The van der Waals surface area contributed by atoms with E-state index in [-0.39, 0.29) is 5.91 Å². The molecule has 90 valence electrons. The van der Waals surface area contributed by atoms with E-state index in [1.807, 2.05) is 0 Å². The molecular formula is C13H16N2OS. The average molecular weight is 248 g/mol. The fraction of sp³-hybridized carbons (Fsp3) is 0.308. The van der Waals surface area contributed by atoms with Gasteiger partial charge in [0.2, 0.25) is 5.91 Å². The third-order valence-electron chi connectivity index (χ3n) is 2.63. The summed E-state index contributed by atoms with van der Waals surface area (Å²) in [5.74, 6) is -0.218. The minimum atomic E-state index is -0.218. The first-order valence-electron chi connectivity index (χ1n) is 5.75. The van der Waals surface area contributed by atoms with Crippen LogP contribution in [0, 0.1) is 0 Å². The van der Waals surface area contributed by atoms with Gasteiger partial charge in [-0.2, -0.15) is 0 Å². The summed E-state index contributed by atoms with van der Waals surface area (Å²) in [5.41, 5.74) is 6.21. The number of hydrogen-bond donors (Lipinski definition) is 2. The Bertz CT molecular complexity index is 507. The molecule has 3 nitrogen and oxygen atoms in total. The third-order valence-corrected chi connectivity index (χ3v) is 3.53. The normalized spacial score (nSPS) is 10.6. The van der Waals surface area contributed by atoms with Crippen molar-refractivity contribution in [1.29, 1.82) is 0 Å². The van der Waals surface area contributed by atoms with Gasteiger partial charge in [-0.15, -0.1) is 11.3 Å². The molecule has 1 aromatic heterocycles. The van der Waals surface area contributed by atoms with Gasteiger partial charge in [0.1, 0.15) is 0 Å². The smallest absolute Gasteiger partial charge is 0.217 e. The van der Waals surface area contributed by atoms with Crippen LogP contribution in [0.1, 0.15) is 19.3 Å². The van der Waals surface area contributed by atoms with Crippen molar-refractivity contribution in [1.82, 2.24) is 0 Å². The van der Waals surface area contributed by atoms with Crippen molar-refractivity contribution in [3.8, 4) is 0 Å². The van der Waals surface area contributed by atoms with E-state index in [0.717, 1.165) is 25.1 Å². The number of carbonyl (C=O) groups is 1. The summed E-state index contributed by atoms with van der Waals surface area (Å²) in [4.78, 5) is 10.6. The van der Waals surface area contributed by atoms with Crippen molar-refractivity contribution < 1.29 is 4.79 Å². The lowest BCUT2D eigenvalue weighted by molar-refractivity contribution is -0.118. The van der Waals surface area contributed by atoms with Crippen LogP contribution in [0.5, 0.6) is 0 Å². The number of amides is 1. The molecule has 0 aliphatic rings. The Balaban J connectivity index is 1.80. The zero-order valence-electron chi connectivity index (χ0n) is 9.61. The van der Waals surface area contributed by atoms with E-state index in [1.54, 1.807) is 11.3 Å². The molecule has 1 amide bonds. The molecule has 4 heteroatoms. The van der Waals surface area contributed by atoms with Gasteiger partial charge in [-0.25, -0.2) is 0 Å². The number of hydrogen-bond acceptors (Lipinski definition) is 3. The molecule has 0 aliphatic carbocycles. The van der Waals surface area contributed by atoms with Crippen molar-refractivity contribution in [2.45, 2.75) is 19.3 Å². The van der Waals surface area contributed by atoms with Crippen molar-refractivity contribution >= 4 is 33.0 Å². The van der Waals surface area contributed by atoms with Crippen LogP contribution in [0.15, 0.2) is 29.6 Å². The van der Waals surface area contributed by atoms with Gasteiger partial charge in [0.25, 0.3) is 0 Å². The SMILES string of the molecule is NC(=O)CCCCNc1ccc2sccc2c1. The topological polar surface area (TPSA) is 55.1 Å². The van der Waals surface area contributed by atoms with Crippen molar-refractivity contribution in [3.63, 3.8) is 0 Å². The molecule has 0 aliphatic heterocycles. The highest BCUT2D eigenvalue weighted by atomic mass is 32.1. The number of primary amides is 1. The fourth-order valence-electron chi connectivity index (χ4n) is 1.73. The van der Waals surface area contributed by atoms with Gasteiger partial charge in [0.15, 0.2) is 0 Å². The van der Waals surface area contributed by atoms with Crippen molar-refractivity contribution in [3.05, 3.63) is 29.6 Å². The Morgan fingerprint density at radius 2 is 2.18 bits per heavy atom. The van der Waals surface area contributed by atoms with Gasteiger partial charge < -0.3 is 11.1 Å². The molecule has 3 N–H and O–H groups in total. The predicted molar refractivity (Wildman–Crippen MR) is 73.4 cm³/mol. The van der Waals surface area contributed by atoms with E-state index in [0.29, 0.717) is 6.42 Å². The van der Waals surface area contributed by atoms with Crippen LogP contribution in [0.3, 0.4) is 0 Å². The molecule has 0 bridgehead atoms. The van der Waals surface area contributed by atoms with E-state index in [2.05, 4.69) is 35.0 Å². The Morgan fingerprint density at radius 3 is 3.00 bits per heavy atom. The number of carbonyl (C=O) groups excluding carboxylic acids is 1. The van der Waals surface area contributed by atoms with Crippen LogP contribution < -0.4 is 11.1 Å². The second-order valence-electron chi connectivity index (χ2n) is 4.02. The summed E-state index contributed by atoms with van der Waals surface area (Å²) >= 11 is 1.75. The van der Waals surface area contributed by atoms with Gasteiger partial charge in [0, 0.05) is 23.4 Å². The van der Waals surface area contributed by atoms with E-state index < -0.39 is 0 Å². The molecule has 0 radical (unpaired) electrons. The Hall–Kier alpha value is -1.55. The minimum Gasteiger partial charge on any atom is -0.385 e. The van der Waals surface area contributed by atoms with Gasteiger partial charge >= 0.3 is 0 Å². The quantitative estimate of drug-likeness (QED) is 0.772. The number of nitrogens with two attached hydrogens (primary N) is 1. The van der Waals surface area contributed by atoms with Gasteiger partial charge in [0.05, 0.1) is 0 Å². The maximum atomic E-state index is 10.6. The zero-order chi connectivity index (χ0) is 12.1. The highest BCUT2D eigenvalue weighted by Crippen LogP contribution is 2.23. The number of benzene rings is 1. The molecule has 0 saturated carbocycles. The number of anilines is 1. The van der Waals surface area contributed by atoms with Crippen LogP contribution in [-0.4, -0.2) is 12.5 Å². The summed E-state index contributed by atoms with van der Waals surface area (Å²) in [5, 5.41) is 6.73. The molecular weight excluding hydrogens is 232 g/mol. The number of rotatable bonds is 6. The number of unbranched alkanes of at least 4 members (excludes halogenated alkanes) is 1. The molecule has 1 aromatic carbocycles. The molecule has 0 saturated heterocycles. The molecule has 0 spiro atoms. The van der Waals surface area contributed by atoms with Crippen LogP contribution in [0.4, 0.5) is 5.69 Å². The van der Waals surface area contributed by atoms with Gasteiger partial charge in [-0.1, -0.05) is 0 Å².